The van der Waals surface area contributed by atoms with Crippen LogP contribution in [-0.4, -0.2) is 17.2 Å². The van der Waals surface area contributed by atoms with Crippen molar-refractivity contribution >= 4 is 11.8 Å². The maximum absolute atomic E-state index is 10.4. The van der Waals surface area contributed by atoms with Crippen molar-refractivity contribution in [1.82, 2.24) is 5.32 Å². The summed E-state index contributed by atoms with van der Waals surface area (Å²) in [6.07, 6.45) is 10.3. The van der Waals surface area contributed by atoms with Crippen molar-refractivity contribution < 1.29 is 4.92 Å². The molecule has 0 unspecified atom stereocenters. The van der Waals surface area contributed by atoms with Gasteiger partial charge in [-0.25, -0.2) is 0 Å². The number of nitro groups is 1. The summed E-state index contributed by atoms with van der Waals surface area (Å²) in [4.78, 5) is 9.96. The zero-order valence-corrected chi connectivity index (χ0v) is 9.89. The Bertz CT molecular complexity index is 236. The number of nitrogens with one attached hydrogen (secondary N) is 1. The van der Waals surface area contributed by atoms with E-state index in [1.165, 1.54) is 37.4 Å². The lowest BCUT2D eigenvalue weighted by atomic mass is 10.1. The molecule has 1 rings (SSSR count). The van der Waals surface area contributed by atoms with Crippen molar-refractivity contribution in [3.63, 3.8) is 0 Å². The first-order chi connectivity index (χ1) is 7.22. The first kappa shape index (κ1) is 12.4. The summed E-state index contributed by atoms with van der Waals surface area (Å²) in [5.41, 5.74) is 0. The van der Waals surface area contributed by atoms with Crippen LogP contribution in [0.5, 0.6) is 0 Å². The van der Waals surface area contributed by atoms with Crippen molar-refractivity contribution in [2.75, 3.05) is 6.26 Å². The molecule has 0 aliphatic heterocycles. The molecule has 86 valence electrons. The van der Waals surface area contributed by atoms with Gasteiger partial charge < -0.3 is 5.32 Å². The van der Waals surface area contributed by atoms with Gasteiger partial charge in [0.25, 0.3) is 6.20 Å². The molecule has 0 aromatic carbocycles. The minimum Gasteiger partial charge on any atom is -0.372 e. The molecule has 1 saturated carbocycles. The second kappa shape index (κ2) is 6.71. The second-order valence-corrected chi connectivity index (χ2v) is 4.66. The Balaban J connectivity index is 2.45. The Morgan fingerprint density at radius 1 is 1.40 bits per heavy atom. The molecule has 0 saturated heterocycles. The van der Waals surface area contributed by atoms with E-state index in [2.05, 4.69) is 5.32 Å². The number of nitrogens with zero attached hydrogens (tertiary/aromatic N) is 1. The summed E-state index contributed by atoms with van der Waals surface area (Å²) in [6.45, 7) is 0. The molecule has 4 nitrogen and oxygen atoms in total. The Morgan fingerprint density at radius 3 is 2.47 bits per heavy atom. The van der Waals surface area contributed by atoms with Crippen molar-refractivity contribution in [3.05, 3.63) is 21.3 Å². The first-order valence-electron chi connectivity index (χ1n) is 5.38. The summed E-state index contributed by atoms with van der Waals surface area (Å²) >= 11 is 1.41. The highest BCUT2D eigenvalue weighted by atomic mass is 32.2. The van der Waals surface area contributed by atoms with Crippen LogP contribution in [0, 0.1) is 10.1 Å². The molecule has 1 N–H and O–H groups in total. The van der Waals surface area contributed by atoms with Crippen molar-refractivity contribution in [1.29, 1.82) is 0 Å². The average Bonchev–Trinajstić information content (AvgIpc) is 2.44. The average molecular weight is 230 g/mol. The van der Waals surface area contributed by atoms with E-state index in [4.69, 9.17) is 0 Å². The zero-order valence-electron chi connectivity index (χ0n) is 9.07. The predicted octanol–water partition coefficient (Wildman–Crippen LogP) is 2.74. The molecule has 0 spiro atoms. The smallest absolute Gasteiger partial charge is 0.263 e. The van der Waals surface area contributed by atoms with Crippen LogP contribution in [0.4, 0.5) is 0 Å². The van der Waals surface area contributed by atoms with Crippen LogP contribution in [0.1, 0.15) is 38.5 Å². The van der Waals surface area contributed by atoms with E-state index in [0.717, 1.165) is 19.0 Å². The highest BCUT2D eigenvalue weighted by molar-refractivity contribution is 8.02. The van der Waals surface area contributed by atoms with E-state index in [0.29, 0.717) is 11.1 Å². The monoisotopic (exact) mass is 230 g/mol. The van der Waals surface area contributed by atoms with E-state index in [9.17, 15) is 10.1 Å². The molecule has 0 bridgehead atoms. The Kier molecular flexibility index (Phi) is 5.53. The van der Waals surface area contributed by atoms with Crippen molar-refractivity contribution in [2.24, 2.45) is 0 Å². The molecular weight excluding hydrogens is 212 g/mol. The second-order valence-electron chi connectivity index (χ2n) is 3.82. The minimum absolute atomic E-state index is 0.393. The maximum Gasteiger partial charge on any atom is 0.263 e. The van der Waals surface area contributed by atoms with Crippen LogP contribution in [0.3, 0.4) is 0 Å². The van der Waals surface area contributed by atoms with Gasteiger partial charge in [-0.1, -0.05) is 25.7 Å². The topological polar surface area (TPSA) is 55.2 Å². The van der Waals surface area contributed by atoms with Gasteiger partial charge in [0, 0.05) is 6.04 Å². The molecular formula is C10H18N2O2S. The molecule has 0 radical (unpaired) electrons. The third-order valence-electron chi connectivity index (χ3n) is 2.64. The SMILES string of the molecule is CS/C(=C/[N+](=O)[O-])NC1CCCCCC1. The lowest BCUT2D eigenvalue weighted by molar-refractivity contribution is -0.403. The molecule has 0 amide bonds. The van der Waals surface area contributed by atoms with Crippen LogP contribution in [0.2, 0.25) is 0 Å². The van der Waals surface area contributed by atoms with E-state index < -0.39 is 4.92 Å². The lowest BCUT2D eigenvalue weighted by Gasteiger charge is -2.17. The Hall–Kier alpha value is -0.710. The highest BCUT2D eigenvalue weighted by Crippen LogP contribution is 2.20. The summed E-state index contributed by atoms with van der Waals surface area (Å²) in [5.74, 6) is 0. The van der Waals surface area contributed by atoms with Crippen molar-refractivity contribution in [3.8, 4) is 0 Å². The fourth-order valence-electron chi connectivity index (χ4n) is 1.87. The molecule has 5 heteroatoms. The standard InChI is InChI=1S/C10H18N2O2S/c1-15-10(8-12(13)14)11-9-6-4-2-3-5-7-9/h8-9,11H,2-7H2,1H3/b10-8+. The van der Waals surface area contributed by atoms with Crippen LogP contribution < -0.4 is 5.32 Å². The molecule has 1 fully saturated rings. The van der Waals surface area contributed by atoms with Gasteiger partial charge in [0.1, 0.15) is 5.03 Å². The van der Waals surface area contributed by atoms with Gasteiger partial charge >= 0.3 is 0 Å². The van der Waals surface area contributed by atoms with Gasteiger partial charge in [-0.15, -0.1) is 11.8 Å². The normalized spacial score (nSPS) is 19.7. The van der Waals surface area contributed by atoms with Gasteiger partial charge in [0.05, 0.1) is 4.92 Å². The lowest BCUT2D eigenvalue weighted by Crippen LogP contribution is -2.27. The van der Waals surface area contributed by atoms with Gasteiger partial charge in [-0.2, -0.15) is 0 Å². The third-order valence-corrected chi connectivity index (χ3v) is 3.31. The summed E-state index contributed by atoms with van der Waals surface area (Å²) in [5, 5.41) is 14.3. The molecule has 0 aromatic heterocycles. The quantitative estimate of drug-likeness (QED) is 0.458. The summed E-state index contributed by atoms with van der Waals surface area (Å²) in [7, 11) is 0. The van der Waals surface area contributed by atoms with Crippen LogP contribution in [0.15, 0.2) is 11.2 Å². The number of hydrogen-bond acceptors (Lipinski definition) is 4. The van der Waals surface area contributed by atoms with Gasteiger partial charge in [0.2, 0.25) is 0 Å². The predicted molar refractivity (Wildman–Crippen MR) is 63.2 cm³/mol. The summed E-state index contributed by atoms with van der Waals surface area (Å²) < 4.78 is 0. The van der Waals surface area contributed by atoms with Gasteiger partial charge in [-0.3, -0.25) is 10.1 Å². The van der Waals surface area contributed by atoms with Gasteiger partial charge in [0.15, 0.2) is 0 Å². The Morgan fingerprint density at radius 2 is 2.00 bits per heavy atom. The molecule has 1 aliphatic carbocycles. The first-order valence-corrected chi connectivity index (χ1v) is 6.60. The largest absolute Gasteiger partial charge is 0.372 e. The van der Waals surface area contributed by atoms with E-state index >= 15 is 0 Å². The fraction of sp³-hybridized carbons (Fsp3) is 0.800. The number of thioether (sulfide) groups is 1. The molecule has 0 heterocycles. The molecule has 0 atom stereocenters. The molecule has 0 aromatic rings. The van der Waals surface area contributed by atoms with Crippen LogP contribution >= 0.6 is 11.8 Å². The van der Waals surface area contributed by atoms with Crippen molar-refractivity contribution in [2.45, 2.75) is 44.6 Å². The zero-order chi connectivity index (χ0) is 11.1. The maximum atomic E-state index is 10.4. The Labute approximate surface area is 94.7 Å². The van der Waals surface area contributed by atoms with E-state index in [1.54, 1.807) is 0 Å². The summed E-state index contributed by atoms with van der Waals surface area (Å²) in [6, 6.07) is 0.422. The number of rotatable bonds is 4. The minimum atomic E-state index is -0.393. The van der Waals surface area contributed by atoms with E-state index in [1.807, 2.05) is 6.26 Å². The van der Waals surface area contributed by atoms with Gasteiger partial charge in [-0.05, 0) is 19.1 Å². The number of hydrogen-bond donors (Lipinski definition) is 1. The molecule has 1 aliphatic rings. The molecule has 15 heavy (non-hydrogen) atoms. The van der Waals surface area contributed by atoms with E-state index in [-0.39, 0.29) is 0 Å². The third kappa shape index (κ3) is 5.06. The highest BCUT2D eigenvalue weighted by Gasteiger charge is 2.13. The fourth-order valence-corrected chi connectivity index (χ4v) is 2.35. The van der Waals surface area contributed by atoms with Crippen LogP contribution in [-0.2, 0) is 0 Å². The van der Waals surface area contributed by atoms with Crippen LogP contribution in [0.25, 0.3) is 0 Å².